The molecule has 0 aromatic carbocycles. The number of anilines is 1. The van der Waals surface area contributed by atoms with Crippen LogP contribution >= 0.6 is 11.5 Å². The van der Waals surface area contributed by atoms with Gasteiger partial charge in [-0.2, -0.15) is 18.3 Å². The Morgan fingerprint density at radius 3 is 2.85 bits per heavy atom. The van der Waals surface area contributed by atoms with Crippen LogP contribution in [-0.2, 0) is 0 Å². The van der Waals surface area contributed by atoms with Gasteiger partial charge in [0.05, 0.1) is 11.4 Å². The molecule has 7 nitrogen and oxygen atoms in total. The number of aromatic nitrogens is 4. The van der Waals surface area contributed by atoms with Gasteiger partial charge in [0, 0.05) is 31.1 Å². The minimum Gasteiger partial charge on any atom is -0.368 e. The Balaban J connectivity index is 1.54. The summed E-state index contributed by atoms with van der Waals surface area (Å²) in [5.41, 5.74) is 1.19. The third-order valence-corrected chi connectivity index (χ3v) is 5.95. The summed E-state index contributed by atoms with van der Waals surface area (Å²) in [5.74, 6) is 0.173. The molecule has 0 radical (unpaired) electrons. The summed E-state index contributed by atoms with van der Waals surface area (Å²) in [6.07, 6.45) is -3.73. The van der Waals surface area contributed by atoms with Gasteiger partial charge in [-0.05, 0) is 38.2 Å². The zero-order valence-electron chi connectivity index (χ0n) is 14.8. The Morgan fingerprint density at radius 2 is 2.19 bits per heavy atom. The van der Waals surface area contributed by atoms with E-state index in [1.165, 1.54) is 0 Å². The van der Waals surface area contributed by atoms with E-state index in [1.807, 2.05) is 0 Å². The normalized spacial score (nSPS) is 25.4. The number of hydrogen-bond acceptors (Lipinski definition) is 6. The van der Waals surface area contributed by atoms with Crippen LogP contribution in [0, 0.1) is 6.92 Å². The zero-order chi connectivity index (χ0) is 19.3. The number of halogens is 3. The van der Waals surface area contributed by atoms with Crippen molar-refractivity contribution in [2.24, 2.45) is 0 Å². The molecule has 1 N–H and O–H groups in total. The van der Waals surface area contributed by atoms with Gasteiger partial charge >= 0.3 is 6.18 Å². The molecule has 11 heteroatoms. The van der Waals surface area contributed by atoms with Gasteiger partial charge in [-0.15, -0.1) is 5.10 Å². The molecular weight excluding hydrogens is 381 g/mol. The molecule has 1 saturated heterocycles. The van der Waals surface area contributed by atoms with Crippen molar-refractivity contribution in [3.05, 3.63) is 22.3 Å². The predicted molar refractivity (Wildman–Crippen MR) is 92.9 cm³/mol. The molecule has 2 aliphatic rings. The van der Waals surface area contributed by atoms with E-state index in [-0.39, 0.29) is 24.3 Å². The van der Waals surface area contributed by atoms with Crippen molar-refractivity contribution in [3.8, 4) is 0 Å². The standard InChI is InChI=1S/C16H19F3N6OS/c1-8-5-12(16(17,18)19)25-13(20-8)6-11(22-25)10-3-4-24(7-10)15(26)14-9(2)21-23-27-14/h6,8,10,12,20H,3-5,7H2,1-2H3/t8-,10+,12-/m1/s1. The molecule has 2 aromatic heterocycles. The molecule has 1 fully saturated rings. The minimum absolute atomic E-state index is 0.0510. The Bertz CT molecular complexity index is 863. The van der Waals surface area contributed by atoms with Crippen molar-refractivity contribution < 1.29 is 18.0 Å². The lowest BCUT2D eigenvalue weighted by Crippen LogP contribution is -2.37. The molecule has 0 unspecified atom stereocenters. The number of nitrogens with one attached hydrogen (secondary N) is 1. The van der Waals surface area contributed by atoms with E-state index in [1.54, 1.807) is 24.8 Å². The molecule has 0 aliphatic carbocycles. The van der Waals surface area contributed by atoms with Gasteiger partial charge in [0.1, 0.15) is 10.7 Å². The van der Waals surface area contributed by atoms with Gasteiger partial charge in [-0.25, -0.2) is 4.68 Å². The summed E-state index contributed by atoms with van der Waals surface area (Å²) in [6.45, 7) is 4.43. The van der Waals surface area contributed by atoms with E-state index in [9.17, 15) is 18.0 Å². The fourth-order valence-electron chi connectivity index (χ4n) is 3.73. The van der Waals surface area contributed by atoms with Crippen molar-refractivity contribution in [2.45, 2.75) is 50.9 Å². The number of carbonyl (C=O) groups excluding carboxylic acids is 1. The third kappa shape index (κ3) is 3.28. The predicted octanol–water partition coefficient (Wildman–Crippen LogP) is 2.98. The molecule has 3 atom stereocenters. The largest absolute Gasteiger partial charge is 0.410 e. The van der Waals surface area contributed by atoms with E-state index in [4.69, 9.17) is 0 Å². The van der Waals surface area contributed by atoms with Crippen molar-refractivity contribution in [2.75, 3.05) is 18.4 Å². The van der Waals surface area contributed by atoms with Crippen molar-refractivity contribution in [1.82, 2.24) is 24.3 Å². The van der Waals surface area contributed by atoms with Crippen molar-refractivity contribution in [1.29, 1.82) is 0 Å². The van der Waals surface area contributed by atoms with Crippen molar-refractivity contribution in [3.63, 3.8) is 0 Å². The number of alkyl halides is 3. The fourth-order valence-corrected chi connectivity index (χ4v) is 4.36. The monoisotopic (exact) mass is 400 g/mol. The first-order valence-corrected chi connectivity index (χ1v) is 9.52. The molecule has 0 saturated carbocycles. The van der Waals surface area contributed by atoms with E-state index in [2.05, 4.69) is 20.0 Å². The summed E-state index contributed by atoms with van der Waals surface area (Å²) < 4.78 is 45.0. The molecule has 146 valence electrons. The number of likely N-dealkylation sites (tertiary alicyclic amines) is 1. The number of amides is 1. The maximum atomic E-state index is 13.4. The molecule has 0 spiro atoms. The molecule has 0 bridgehead atoms. The van der Waals surface area contributed by atoms with E-state index in [0.717, 1.165) is 16.2 Å². The van der Waals surface area contributed by atoms with Gasteiger partial charge in [-0.3, -0.25) is 4.79 Å². The SMILES string of the molecule is Cc1nnsc1C(=O)N1CC[C@H](c2cc3n(n2)[C@@H](C(F)(F)F)C[C@@H](C)N3)C1. The van der Waals surface area contributed by atoms with Crippen LogP contribution in [0.1, 0.15) is 52.8 Å². The molecular formula is C16H19F3N6OS. The van der Waals surface area contributed by atoms with Crippen LogP contribution in [0.25, 0.3) is 0 Å². The summed E-state index contributed by atoms with van der Waals surface area (Å²) in [5, 5.41) is 11.2. The van der Waals surface area contributed by atoms with Crippen LogP contribution in [0.3, 0.4) is 0 Å². The number of carbonyl (C=O) groups is 1. The van der Waals surface area contributed by atoms with Crippen molar-refractivity contribution >= 4 is 23.3 Å². The van der Waals surface area contributed by atoms with E-state index in [0.29, 0.717) is 41.6 Å². The molecule has 4 rings (SSSR count). The first-order chi connectivity index (χ1) is 12.7. The third-order valence-electron chi connectivity index (χ3n) is 5.14. The van der Waals surface area contributed by atoms with Crippen LogP contribution in [-0.4, -0.2) is 55.5 Å². The summed E-state index contributed by atoms with van der Waals surface area (Å²) in [6, 6.07) is -0.216. The van der Waals surface area contributed by atoms with Crippen LogP contribution in [0.4, 0.5) is 19.0 Å². The number of nitrogens with zero attached hydrogens (tertiary/aromatic N) is 5. The summed E-state index contributed by atoms with van der Waals surface area (Å²) >= 11 is 1.06. The molecule has 2 aromatic rings. The average Bonchev–Trinajstić information content (AvgIpc) is 3.30. The van der Waals surface area contributed by atoms with Gasteiger partial charge in [0.25, 0.3) is 5.91 Å². The maximum Gasteiger partial charge on any atom is 0.410 e. The first kappa shape index (κ1) is 18.2. The lowest BCUT2D eigenvalue weighted by atomic mass is 10.0. The van der Waals surface area contributed by atoms with Gasteiger partial charge < -0.3 is 10.2 Å². The maximum absolute atomic E-state index is 13.4. The Hall–Kier alpha value is -2.17. The summed E-state index contributed by atoms with van der Waals surface area (Å²) in [7, 11) is 0. The van der Waals surface area contributed by atoms with Gasteiger partial charge in [-0.1, -0.05) is 4.49 Å². The van der Waals surface area contributed by atoms with E-state index < -0.39 is 12.2 Å². The summed E-state index contributed by atoms with van der Waals surface area (Å²) in [4.78, 5) is 14.8. The van der Waals surface area contributed by atoms with Gasteiger partial charge in [0.15, 0.2) is 6.04 Å². The van der Waals surface area contributed by atoms with Crippen LogP contribution < -0.4 is 5.32 Å². The molecule has 4 heterocycles. The topological polar surface area (TPSA) is 75.9 Å². The number of fused-ring (bicyclic) bond motifs is 1. The Kier molecular flexibility index (Phi) is 4.36. The second-order valence-electron chi connectivity index (χ2n) is 7.16. The highest BCUT2D eigenvalue weighted by Crippen LogP contribution is 2.40. The second-order valence-corrected chi connectivity index (χ2v) is 7.92. The molecule has 27 heavy (non-hydrogen) atoms. The smallest absolute Gasteiger partial charge is 0.368 e. The van der Waals surface area contributed by atoms with Crippen LogP contribution in [0.2, 0.25) is 0 Å². The number of rotatable bonds is 2. The average molecular weight is 400 g/mol. The Morgan fingerprint density at radius 1 is 1.41 bits per heavy atom. The fraction of sp³-hybridized carbons (Fsp3) is 0.625. The molecule has 2 aliphatic heterocycles. The molecule has 1 amide bonds. The lowest BCUT2D eigenvalue weighted by molar-refractivity contribution is -0.173. The highest BCUT2D eigenvalue weighted by molar-refractivity contribution is 7.07. The lowest BCUT2D eigenvalue weighted by Gasteiger charge is -2.31. The number of aryl methyl sites for hydroxylation is 1. The minimum atomic E-state index is -4.34. The first-order valence-electron chi connectivity index (χ1n) is 8.75. The Labute approximate surface area is 157 Å². The second kappa shape index (κ2) is 6.47. The quantitative estimate of drug-likeness (QED) is 0.839. The number of hydrogen-bond donors (Lipinski definition) is 1. The highest BCUT2D eigenvalue weighted by atomic mass is 32.1. The zero-order valence-corrected chi connectivity index (χ0v) is 15.6. The van der Waals surface area contributed by atoms with E-state index >= 15 is 0 Å². The highest BCUT2D eigenvalue weighted by Gasteiger charge is 2.46. The van der Waals surface area contributed by atoms with Crippen LogP contribution in [0.15, 0.2) is 6.07 Å². The van der Waals surface area contributed by atoms with Crippen LogP contribution in [0.5, 0.6) is 0 Å². The van der Waals surface area contributed by atoms with Gasteiger partial charge in [0.2, 0.25) is 0 Å².